The number of aromatic nitrogens is 4. The Labute approximate surface area is 144 Å². The fourth-order valence-corrected chi connectivity index (χ4v) is 2.85. The van der Waals surface area contributed by atoms with Crippen LogP contribution in [0.3, 0.4) is 0 Å². The fourth-order valence-electron chi connectivity index (χ4n) is 2.85. The highest BCUT2D eigenvalue weighted by Gasteiger charge is 2.34. The van der Waals surface area contributed by atoms with Gasteiger partial charge < -0.3 is 14.7 Å². The van der Waals surface area contributed by atoms with Gasteiger partial charge in [0.1, 0.15) is 11.9 Å². The van der Waals surface area contributed by atoms with Gasteiger partial charge in [0.05, 0.1) is 13.2 Å². The summed E-state index contributed by atoms with van der Waals surface area (Å²) < 4.78 is 6.68. The van der Waals surface area contributed by atoms with Crippen LogP contribution in [0.4, 0.5) is 0 Å². The van der Waals surface area contributed by atoms with E-state index in [4.69, 9.17) is 9.84 Å². The first-order valence-electron chi connectivity index (χ1n) is 7.98. The van der Waals surface area contributed by atoms with Crippen molar-refractivity contribution in [2.24, 2.45) is 0 Å². The first-order valence-corrected chi connectivity index (χ1v) is 7.98. The van der Waals surface area contributed by atoms with Gasteiger partial charge >= 0.3 is 5.97 Å². The molecule has 1 fully saturated rings. The minimum atomic E-state index is -1.07. The smallest absolute Gasteiger partial charge is 0.334 e. The molecule has 0 bridgehead atoms. The summed E-state index contributed by atoms with van der Waals surface area (Å²) in [5, 5.41) is 20.6. The molecule has 2 atom stereocenters. The molecular weight excluding hydrogens is 326 g/mol. The number of tetrazole rings is 1. The molecule has 132 valence electrons. The zero-order valence-electron chi connectivity index (χ0n) is 13.8. The quantitative estimate of drug-likeness (QED) is 0.817. The van der Waals surface area contributed by atoms with Gasteiger partial charge in [-0.05, 0) is 22.9 Å². The van der Waals surface area contributed by atoms with Gasteiger partial charge in [0.25, 0.3) is 0 Å². The number of ether oxygens (including phenoxy) is 1. The average molecular weight is 345 g/mol. The van der Waals surface area contributed by atoms with E-state index in [2.05, 4.69) is 15.5 Å². The van der Waals surface area contributed by atoms with Crippen molar-refractivity contribution in [3.63, 3.8) is 0 Å². The van der Waals surface area contributed by atoms with Crippen molar-refractivity contribution in [2.45, 2.75) is 25.5 Å². The maximum Gasteiger partial charge on any atom is 0.334 e. The number of hydrogen-bond acceptors (Lipinski definition) is 6. The van der Waals surface area contributed by atoms with Crippen LogP contribution in [-0.2, 0) is 20.7 Å². The van der Waals surface area contributed by atoms with Crippen LogP contribution in [0.2, 0.25) is 0 Å². The molecule has 9 heteroatoms. The van der Waals surface area contributed by atoms with Crippen molar-refractivity contribution >= 4 is 11.9 Å². The van der Waals surface area contributed by atoms with Crippen LogP contribution >= 0.6 is 0 Å². The summed E-state index contributed by atoms with van der Waals surface area (Å²) in [5.41, 5.74) is 0.971. The molecule has 3 rings (SSSR count). The highest BCUT2D eigenvalue weighted by Crippen LogP contribution is 2.19. The van der Waals surface area contributed by atoms with Crippen LogP contribution in [0.15, 0.2) is 30.3 Å². The zero-order valence-corrected chi connectivity index (χ0v) is 13.8. The molecule has 1 aliphatic heterocycles. The largest absolute Gasteiger partial charge is 0.479 e. The van der Waals surface area contributed by atoms with Crippen LogP contribution in [0, 0.1) is 6.92 Å². The Morgan fingerprint density at radius 2 is 2.12 bits per heavy atom. The summed E-state index contributed by atoms with van der Waals surface area (Å²) >= 11 is 0. The van der Waals surface area contributed by atoms with Crippen molar-refractivity contribution in [3.05, 3.63) is 41.7 Å². The molecular formula is C16H19N5O4. The van der Waals surface area contributed by atoms with Crippen LogP contribution < -0.4 is 0 Å². The molecule has 25 heavy (non-hydrogen) atoms. The highest BCUT2D eigenvalue weighted by atomic mass is 16.5. The first-order chi connectivity index (χ1) is 12.1. The maximum absolute atomic E-state index is 13.1. The van der Waals surface area contributed by atoms with Crippen molar-refractivity contribution in [1.29, 1.82) is 0 Å². The van der Waals surface area contributed by atoms with Gasteiger partial charge in [0.15, 0.2) is 6.10 Å². The maximum atomic E-state index is 13.1. The Morgan fingerprint density at radius 1 is 1.36 bits per heavy atom. The third-order valence-electron chi connectivity index (χ3n) is 4.16. The number of amides is 1. The number of benzene rings is 1. The molecule has 0 aliphatic carbocycles. The first kappa shape index (κ1) is 17.0. The Kier molecular flexibility index (Phi) is 5.03. The van der Waals surface area contributed by atoms with E-state index in [0.717, 1.165) is 5.56 Å². The van der Waals surface area contributed by atoms with Crippen molar-refractivity contribution in [3.8, 4) is 0 Å². The predicted octanol–water partition coefficient (Wildman–Crippen LogP) is 0.0773. The Hall–Kier alpha value is -2.81. The van der Waals surface area contributed by atoms with Gasteiger partial charge in [-0.2, -0.15) is 0 Å². The fraction of sp³-hybridized carbons (Fsp3) is 0.438. The summed E-state index contributed by atoms with van der Waals surface area (Å²) in [6.07, 6.45) is -0.592. The lowest BCUT2D eigenvalue weighted by atomic mass is 10.0. The summed E-state index contributed by atoms with van der Waals surface area (Å²) in [5.74, 6) is -0.762. The molecule has 1 N–H and O–H groups in total. The molecule has 9 nitrogen and oxygen atoms in total. The van der Waals surface area contributed by atoms with E-state index in [-0.39, 0.29) is 19.1 Å². The molecule has 0 unspecified atom stereocenters. The predicted molar refractivity (Wildman–Crippen MR) is 85.7 cm³/mol. The average Bonchev–Trinajstić information content (AvgIpc) is 3.06. The highest BCUT2D eigenvalue weighted by molar-refractivity contribution is 5.82. The lowest BCUT2D eigenvalue weighted by Gasteiger charge is -2.33. The topological polar surface area (TPSA) is 110 Å². The molecule has 1 aliphatic rings. The second kappa shape index (κ2) is 7.39. The van der Waals surface area contributed by atoms with Crippen molar-refractivity contribution < 1.29 is 19.4 Å². The standard InChI is InChI=1S/C16H19N5O4/c1-11-17-18-19-21(11)13(9-12-5-3-2-4-6-12)15(22)20-7-8-25-14(10-20)16(23)24/h2-6,13-14H,7-10H2,1H3,(H,23,24)/t13-,14+/m1/s1. The zero-order chi connectivity index (χ0) is 17.8. The van der Waals surface area contributed by atoms with Gasteiger partial charge in [-0.3, -0.25) is 4.79 Å². The number of hydrogen-bond donors (Lipinski definition) is 1. The second-order valence-corrected chi connectivity index (χ2v) is 5.86. The number of carbonyl (C=O) groups is 2. The molecule has 1 saturated heterocycles. The number of nitrogens with zero attached hydrogens (tertiary/aromatic N) is 5. The molecule has 0 saturated carbocycles. The third-order valence-corrected chi connectivity index (χ3v) is 4.16. The SMILES string of the molecule is Cc1nnnn1[C@H](Cc1ccccc1)C(=O)N1CCO[C@H](C(=O)O)C1. The lowest BCUT2D eigenvalue weighted by Crippen LogP contribution is -2.51. The van der Waals surface area contributed by atoms with Crippen LogP contribution in [0.5, 0.6) is 0 Å². The summed E-state index contributed by atoms with van der Waals surface area (Å²) in [7, 11) is 0. The Balaban J connectivity index is 1.84. The molecule has 1 aromatic carbocycles. The van der Waals surface area contributed by atoms with E-state index >= 15 is 0 Å². The normalized spacial score (nSPS) is 18.8. The molecule has 0 spiro atoms. The third kappa shape index (κ3) is 3.82. The number of aryl methyl sites for hydroxylation is 1. The van der Waals surface area contributed by atoms with Gasteiger partial charge in [-0.1, -0.05) is 30.3 Å². The van der Waals surface area contributed by atoms with Gasteiger partial charge in [-0.25, -0.2) is 9.48 Å². The number of carbonyl (C=O) groups excluding carboxylic acids is 1. The van der Waals surface area contributed by atoms with E-state index < -0.39 is 18.1 Å². The van der Waals surface area contributed by atoms with Crippen LogP contribution in [0.25, 0.3) is 0 Å². The van der Waals surface area contributed by atoms with Gasteiger partial charge in [-0.15, -0.1) is 5.10 Å². The number of morpholine rings is 1. The van der Waals surface area contributed by atoms with E-state index in [1.54, 1.807) is 6.92 Å². The summed E-state index contributed by atoms with van der Waals surface area (Å²) in [4.78, 5) is 25.8. The summed E-state index contributed by atoms with van der Waals surface area (Å²) in [6.45, 7) is 2.27. The van der Waals surface area contributed by atoms with Gasteiger partial charge in [0, 0.05) is 13.0 Å². The molecule has 1 amide bonds. The van der Waals surface area contributed by atoms with Gasteiger partial charge in [0.2, 0.25) is 5.91 Å². The van der Waals surface area contributed by atoms with Crippen LogP contribution in [0.1, 0.15) is 17.4 Å². The van der Waals surface area contributed by atoms with Crippen LogP contribution in [-0.4, -0.2) is 67.9 Å². The van der Waals surface area contributed by atoms with Crippen molar-refractivity contribution in [2.75, 3.05) is 19.7 Å². The molecule has 0 radical (unpaired) electrons. The van der Waals surface area contributed by atoms with E-state index in [0.29, 0.717) is 18.8 Å². The molecule has 2 aromatic rings. The number of aliphatic carboxylic acids is 1. The van der Waals surface area contributed by atoms with Crippen molar-refractivity contribution in [1.82, 2.24) is 25.1 Å². The Bertz CT molecular complexity index is 748. The van der Waals surface area contributed by atoms with E-state index in [9.17, 15) is 9.59 Å². The minimum Gasteiger partial charge on any atom is -0.479 e. The molecule has 2 heterocycles. The number of rotatable bonds is 5. The second-order valence-electron chi connectivity index (χ2n) is 5.86. The number of carboxylic acids is 1. The summed E-state index contributed by atoms with van der Waals surface area (Å²) in [6, 6.07) is 8.93. The minimum absolute atomic E-state index is 0.0145. The monoisotopic (exact) mass is 345 g/mol. The number of carboxylic acid groups (broad SMARTS) is 1. The Morgan fingerprint density at radius 3 is 2.76 bits per heavy atom. The van der Waals surface area contributed by atoms with E-state index in [1.165, 1.54) is 9.58 Å². The van der Waals surface area contributed by atoms with E-state index in [1.807, 2.05) is 30.3 Å². The molecule has 1 aromatic heterocycles. The lowest BCUT2D eigenvalue weighted by molar-refractivity contribution is -0.160.